The van der Waals surface area contributed by atoms with Gasteiger partial charge >= 0.3 is 5.97 Å². The Morgan fingerprint density at radius 3 is 2.76 bits per heavy atom. The van der Waals surface area contributed by atoms with Gasteiger partial charge in [-0.15, -0.1) is 0 Å². The molecule has 0 radical (unpaired) electrons. The number of hydrogen-bond donors (Lipinski definition) is 1. The van der Waals surface area contributed by atoms with E-state index in [-0.39, 0.29) is 18.4 Å². The molecule has 0 spiro atoms. The number of carboxylic acid groups (broad SMARTS) is 1. The van der Waals surface area contributed by atoms with Gasteiger partial charge in [-0.3, -0.25) is 9.59 Å². The first-order valence-electron chi connectivity index (χ1n) is 5.70. The molecule has 1 aliphatic rings. The summed E-state index contributed by atoms with van der Waals surface area (Å²) in [7, 11) is 1.69. The SMILES string of the molecule is CC1CC(C(=O)N(C)CCCCC(=O)O)=NO1. The summed E-state index contributed by atoms with van der Waals surface area (Å²) < 4.78 is 0. The molecular formula is C11H18N2O4. The summed E-state index contributed by atoms with van der Waals surface area (Å²) in [6.07, 6.45) is 1.90. The number of hydrogen-bond acceptors (Lipinski definition) is 4. The Labute approximate surface area is 100 Å². The zero-order valence-corrected chi connectivity index (χ0v) is 10.2. The fourth-order valence-corrected chi connectivity index (χ4v) is 1.57. The molecule has 0 aromatic rings. The van der Waals surface area contributed by atoms with Crippen LogP contribution < -0.4 is 0 Å². The van der Waals surface area contributed by atoms with Gasteiger partial charge < -0.3 is 14.8 Å². The molecule has 1 rings (SSSR count). The highest BCUT2D eigenvalue weighted by atomic mass is 16.6. The van der Waals surface area contributed by atoms with E-state index in [9.17, 15) is 9.59 Å². The number of nitrogens with zero attached hydrogens (tertiary/aromatic N) is 2. The van der Waals surface area contributed by atoms with Crippen molar-refractivity contribution >= 4 is 17.6 Å². The Morgan fingerprint density at radius 1 is 1.53 bits per heavy atom. The minimum absolute atomic E-state index is 0.0330. The minimum Gasteiger partial charge on any atom is -0.481 e. The van der Waals surface area contributed by atoms with Crippen LogP contribution in [0.15, 0.2) is 5.16 Å². The van der Waals surface area contributed by atoms with E-state index in [1.807, 2.05) is 6.92 Å². The maximum atomic E-state index is 11.8. The third-order valence-electron chi connectivity index (χ3n) is 2.55. The average Bonchev–Trinajstić information content (AvgIpc) is 2.69. The molecule has 6 heteroatoms. The van der Waals surface area contributed by atoms with Crippen LogP contribution >= 0.6 is 0 Å². The monoisotopic (exact) mass is 242 g/mol. The molecule has 1 atom stereocenters. The number of oxime groups is 1. The van der Waals surface area contributed by atoms with Crippen molar-refractivity contribution in [1.82, 2.24) is 4.90 Å². The topological polar surface area (TPSA) is 79.2 Å². The van der Waals surface area contributed by atoms with Crippen molar-refractivity contribution in [1.29, 1.82) is 0 Å². The summed E-state index contributed by atoms with van der Waals surface area (Å²) in [6.45, 7) is 2.40. The van der Waals surface area contributed by atoms with Crippen molar-refractivity contribution in [3.05, 3.63) is 0 Å². The van der Waals surface area contributed by atoms with Gasteiger partial charge in [0.05, 0.1) is 0 Å². The Kier molecular flexibility index (Phi) is 4.93. The van der Waals surface area contributed by atoms with Crippen LogP contribution in [0.4, 0.5) is 0 Å². The van der Waals surface area contributed by atoms with Gasteiger partial charge in [0.1, 0.15) is 11.8 Å². The average molecular weight is 242 g/mol. The van der Waals surface area contributed by atoms with Crippen LogP contribution in [-0.4, -0.2) is 47.3 Å². The largest absolute Gasteiger partial charge is 0.481 e. The second-order valence-corrected chi connectivity index (χ2v) is 4.24. The molecule has 0 aliphatic carbocycles. The van der Waals surface area contributed by atoms with Crippen molar-refractivity contribution in [2.24, 2.45) is 5.16 Å². The third kappa shape index (κ3) is 4.42. The highest BCUT2D eigenvalue weighted by molar-refractivity contribution is 6.38. The molecule has 1 amide bonds. The Hall–Kier alpha value is -1.59. The van der Waals surface area contributed by atoms with Gasteiger partial charge in [-0.25, -0.2) is 0 Å². The molecule has 17 heavy (non-hydrogen) atoms. The lowest BCUT2D eigenvalue weighted by molar-refractivity contribution is -0.137. The zero-order valence-electron chi connectivity index (χ0n) is 10.2. The van der Waals surface area contributed by atoms with Gasteiger partial charge in [-0.1, -0.05) is 5.16 Å². The Bertz CT molecular complexity index is 327. The lowest BCUT2D eigenvalue weighted by atomic mass is 10.1. The first-order chi connectivity index (χ1) is 8.00. The maximum Gasteiger partial charge on any atom is 0.303 e. The highest BCUT2D eigenvalue weighted by Gasteiger charge is 2.24. The Balaban J connectivity index is 2.25. The minimum atomic E-state index is -0.804. The molecule has 0 saturated carbocycles. The van der Waals surface area contributed by atoms with Crippen molar-refractivity contribution in [3.63, 3.8) is 0 Å². The van der Waals surface area contributed by atoms with Crippen LogP contribution in [-0.2, 0) is 14.4 Å². The highest BCUT2D eigenvalue weighted by Crippen LogP contribution is 2.11. The summed E-state index contributed by atoms with van der Waals surface area (Å²) in [5.74, 6) is -0.939. The van der Waals surface area contributed by atoms with Gasteiger partial charge in [0.15, 0.2) is 0 Å². The molecule has 0 fully saturated rings. The standard InChI is InChI=1S/C11H18N2O4/c1-8-7-9(12-17-8)11(16)13(2)6-4-3-5-10(14)15/h8H,3-7H2,1-2H3,(H,14,15). The molecule has 0 aromatic heterocycles. The molecule has 0 aromatic carbocycles. The molecule has 6 nitrogen and oxygen atoms in total. The molecule has 96 valence electrons. The summed E-state index contributed by atoms with van der Waals surface area (Å²) in [5.41, 5.74) is 0.443. The number of carbonyl (C=O) groups is 2. The van der Waals surface area contributed by atoms with Gasteiger partial charge in [-0.05, 0) is 19.8 Å². The number of amides is 1. The maximum absolute atomic E-state index is 11.8. The zero-order chi connectivity index (χ0) is 12.8. The normalized spacial score (nSPS) is 18.5. The number of unbranched alkanes of at least 4 members (excludes halogenated alkanes) is 1. The van der Waals surface area contributed by atoms with E-state index in [0.29, 0.717) is 31.5 Å². The van der Waals surface area contributed by atoms with E-state index in [4.69, 9.17) is 9.94 Å². The van der Waals surface area contributed by atoms with Gasteiger partial charge in [-0.2, -0.15) is 0 Å². The lowest BCUT2D eigenvalue weighted by Crippen LogP contribution is -2.33. The third-order valence-corrected chi connectivity index (χ3v) is 2.55. The van der Waals surface area contributed by atoms with E-state index >= 15 is 0 Å². The predicted molar refractivity (Wildman–Crippen MR) is 61.7 cm³/mol. The molecule has 1 unspecified atom stereocenters. The van der Waals surface area contributed by atoms with E-state index in [2.05, 4.69) is 5.16 Å². The second kappa shape index (κ2) is 6.22. The van der Waals surface area contributed by atoms with E-state index in [1.165, 1.54) is 0 Å². The lowest BCUT2D eigenvalue weighted by Gasteiger charge is -2.15. The number of carbonyl (C=O) groups excluding carboxylic acids is 1. The predicted octanol–water partition coefficient (Wildman–Crippen LogP) is 0.865. The first kappa shape index (κ1) is 13.5. The number of aliphatic carboxylic acids is 1. The van der Waals surface area contributed by atoms with Gasteiger partial charge in [0.25, 0.3) is 5.91 Å². The van der Waals surface area contributed by atoms with Crippen LogP contribution in [0.2, 0.25) is 0 Å². The molecule has 0 bridgehead atoms. The molecule has 1 N–H and O–H groups in total. The molecule has 1 heterocycles. The van der Waals surface area contributed by atoms with Crippen LogP contribution in [0.25, 0.3) is 0 Å². The fraction of sp³-hybridized carbons (Fsp3) is 0.727. The van der Waals surface area contributed by atoms with E-state index in [1.54, 1.807) is 11.9 Å². The number of rotatable bonds is 6. The van der Waals surface area contributed by atoms with Crippen LogP contribution in [0.5, 0.6) is 0 Å². The van der Waals surface area contributed by atoms with E-state index < -0.39 is 5.97 Å². The molecule has 0 saturated heterocycles. The first-order valence-corrected chi connectivity index (χ1v) is 5.70. The van der Waals surface area contributed by atoms with Crippen molar-refractivity contribution in [3.8, 4) is 0 Å². The summed E-state index contributed by atoms with van der Waals surface area (Å²) >= 11 is 0. The Morgan fingerprint density at radius 2 is 2.24 bits per heavy atom. The van der Waals surface area contributed by atoms with Crippen molar-refractivity contribution in [2.45, 2.75) is 38.7 Å². The van der Waals surface area contributed by atoms with Gasteiger partial charge in [0.2, 0.25) is 0 Å². The van der Waals surface area contributed by atoms with Crippen LogP contribution in [0.3, 0.4) is 0 Å². The van der Waals surface area contributed by atoms with Crippen LogP contribution in [0, 0.1) is 0 Å². The summed E-state index contributed by atoms with van der Waals surface area (Å²) in [4.78, 5) is 28.6. The van der Waals surface area contributed by atoms with Crippen LogP contribution in [0.1, 0.15) is 32.6 Å². The van der Waals surface area contributed by atoms with Crippen molar-refractivity contribution < 1.29 is 19.5 Å². The second-order valence-electron chi connectivity index (χ2n) is 4.24. The summed E-state index contributed by atoms with van der Waals surface area (Å²) in [6, 6.07) is 0. The van der Waals surface area contributed by atoms with Gasteiger partial charge in [0, 0.05) is 26.4 Å². The van der Waals surface area contributed by atoms with E-state index in [0.717, 1.165) is 0 Å². The summed E-state index contributed by atoms with van der Waals surface area (Å²) in [5, 5.41) is 12.2. The molecule has 1 aliphatic heterocycles. The molecular weight excluding hydrogens is 224 g/mol. The smallest absolute Gasteiger partial charge is 0.303 e. The quantitative estimate of drug-likeness (QED) is 0.701. The fourth-order valence-electron chi connectivity index (χ4n) is 1.57. The number of carboxylic acids is 1. The van der Waals surface area contributed by atoms with Crippen molar-refractivity contribution in [2.75, 3.05) is 13.6 Å².